The molecule has 5 nitrogen and oxygen atoms in total. The molecule has 0 aromatic carbocycles. The molecule has 0 radical (unpaired) electrons. The van der Waals surface area contributed by atoms with Gasteiger partial charge in [-0.1, -0.05) is 13.8 Å². The van der Waals surface area contributed by atoms with Crippen LogP contribution in [0.4, 0.5) is 0 Å². The van der Waals surface area contributed by atoms with Gasteiger partial charge in [0, 0.05) is 13.0 Å². The van der Waals surface area contributed by atoms with Crippen LogP contribution >= 0.6 is 0 Å². The summed E-state index contributed by atoms with van der Waals surface area (Å²) < 4.78 is 11.0. The molecule has 100 valence electrons. The van der Waals surface area contributed by atoms with E-state index in [0.29, 0.717) is 37.6 Å². The Kier molecular flexibility index (Phi) is 4.14. The molecule has 1 aromatic rings. The molecule has 2 heterocycles. The molecule has 0 fully saturated rings. The van der Waals surface area contributed by atoms with E-state index in [2.05, 4.69) is 23.8 Å². The number of hydrogen-bond acceptors (Lipinski definition) is 4. The minimum absolute atomic E-state index is 0.0972. The minimum Gasteiger partial charge on any atom is -0.376 e. The van der Waals surface area contributed by atoms with Crippen molar-refractivity contribution in [2.24, 2.45) is 5.92 Å². The van der Waals surface area contributed by atoms with Gasteiger partial charge in [0.15, 0.2) is 0 Å². The number of ether oxygens (including phenoxy) is 2. The molecule has 1 aliphatic rings. The molecule has 0 bridgehead atoms. The highest BCUT2D eigenvalue weighted by molar-refractivity contribution is 5.19. The molecule has 0 spiro atoms. The van der Waals surface area contributed by atoms with E-state index in [0.717, 1.165) is 5.69 Å². The van der Waals surface area contributed by atoms with Crippen molar-refractivity contribution < 1.29 is 9.47 Å². The lowest BCUT2D eigenvalue weighted by molar-refractivity contribution is 0.0223. The second-order valence-corrected chi connectivity index (χ2v) is 4.80. The van der Waals surface area contributed by atoms with E-state index in [-0.39, 0.29) is 17.6 Å². The Bertz CT molecular complexity index is 468. The first-order chi connectivity index (χ1) is 8.63. The lowest BCUT2D eigenvalue weighted by Crippen LogP contribution is -2.28. The largest absolute Gasteiger partial charge is 0.376 e. The number of hydrogen-bond donors (Lipinski definition) is 1. The second-order valence-electron chi connectivity index (χ2n) is 4.80. The highest BCUT2D eigenvalue weighted by Crippen LogP contribution is 2.23. The summed E-state index contributed by atoms with van der Waals surface area (Å²) in [4.78, 5) is 19.4. The first kappa shape index (κ1) is 13.2. The maximum Gasteiger partial charge on any atom is 0.256 e. The molecule has 0 saturated heterocycles. The minimum atomic E-state index is -0.157. The molecule has 5 heteroatoms. The van der Waals surface area contributed by atoms with Crippen LogP contribution in [0.3, 0.4) is 0 Å². The summed E-state index contributed by atoms with van der Waals surface area (Å²) in [5.41, 5.74) is 1.41. The third-order valence-corrected chi connectivity index (χ3v) is 3.07. The second kappa shape index (κ2) is 5.63. The molecule has 0 amide bonds. The summed E-state index contributed by atoms with van der Waals surface area (Å²) in [6, 6.07) is 0. The molecule has 1 aromatic heterocycles. The lowest BCUT2D eigenvalue weighted by atomic mass is 10.1. The van der Waals surface area contributed by atoms with Crippen molar-refractivity contribution in [1.82, 2.24) is 9.97 Å². The SMILES string of the molecule is CCOC(c1nc2c(c(=O)[nH]1)COCC2)C(C)C. The van der Waals surface area contributed by atoms with Crippen molar-refractivity contribution in [2.45, 2.75) is 39.9 Å². The Morgan fingerprint density at radius 2 is 2.28 bits per heavy atom. The van der Waals surface area contributed by atoms with Crippen LogP contribution in [-0.2, 0) is 22.5 Å². The van der Waals surface area contributed by atoms with Gasteiger partial charge in [-0.25, -0.2) is 4.98 Å². The zero-order valence-electron chi connectivity index (χ0n) is 11.2. The van der Waals surface area contributed by atoms with Gasteiger partial charge in [0.2, 0.25) is 0 Å². The van der Waals surface area contributed by atoms with Gasteiger partial charge in [-0.2, -0.15) is 0 Å². The van der Waals surface area contributed by atoms with Gasteiger partial charge in [-0.15, -0.1) is 0 Å². The van der Waals surface area contributed by atoms with Crippen molar-refractivity contribution in [3.63, 3.8) is 0 Å². The molecule has 0 saturated carbocycles. The Labute approximate surface area is 107 Å². The smallest absolute Gasteiger partial charge is 0.256 e. The van der Waals surface area contributed by atoms with Gasteiger partial charge in [0.1, 0.15) is 11.9 Å². The summed E-state index contributed by atoms with van der Waals surface area (Å²) in [5.74, 6) is 0.906. The highest BCUT2D eigenvalue weighted by atomic mass is 16.5. The van der Waals surface area contributed by atoms with E-state index < -0.39 is 0 Å². The average Bonchev–Trinajstić information content (AvgIpc) is 2.35. The number of rotatable bonds is 4. The maximum atomic E-state index is 12.0. The van der Waals surface area contributed by atoms with E-state index in [4.69, 9.17) is 9.47 Å². The first-order valence-electron chi connectivity index (χ1n) is 6.44. The Balaban J connectivity index is 2.39. The van der Waals surface area contributed by atoms with E-state index in [9.17, 15) is 4.79 Å². The van der Waals surface area contributed by atoms with Crippen molar-refractivity contribution in [3.05, 3.63) is 27.4 Å². The molecule has 1 aliphatic heterocycles. The number of H-pyrrole nitrogens is 1. The fourth-order valence-corrected chi connectivity index (χ4v) is 2.16. The Hall–Kier alpha value is -1.20. The summed E-state index contributed by atoms with van der Waals surface area (Å²) in [5, 5.41) is 0. The van der Waals surface area contributed by atoms with Crippen molar-refractivity contribution in [3.8, 4) is 0 Å². The van der Waals surface area contributed by atoms with Gasteiger partial charge >= 0.3 is 0 Å². The summed E-state index contributed by atoms with van der Waals surface area (Å²) in [6.45, 7) is 7.65. The Morgan fingerprint density at radius 1 is 1.50 bits per heavy atom. The van der Waals surface area contributed by atoms with Gasteiger partial charge in [-0.3, -0.25) is 4.79 Å². The maximum absolute atomic E-state index is 12.0. The van der Waals surface area contributed by atoms with E-state index in [1.807, 2.05) is 6.92 Å². The number of fused-ring (bicyclic) bond motifs is 1. The van der Waals surface area contributed by atoms with Crippen LogP contribution in [0.25, 0.3) is 0 Å². The van der Waals surface area contributed by atoms with Crippen LogP contribution in [0, 0.1) is 5.92 Å². The number of nitrogens with zero attached hydrogens (tertiary/aromatic N) is 1. The van der Waals surface area contributed by atoms with Gasteiger partial charge < -0.3 is 14.5 Å². The lowest BCUT2D eigenvalue weighted by Gasteiger charge is -2.22. The van der Waals surface area contributed by atoms with Crippen molar-refractivity contribution in [1.29, 1.82) is 0 Å². The number of nitrogens with one attached hydrogen (secondary N) is 1. The fraction of sp³-hybridized carbons (Fsp3) is 0.692. The van der Waals surface area contributed by atoms with Crippen molar-refractivity contribution >= 4 is 0 Å². The molecular formula is C13H20N2O3. The summed E-state index contributed by atoms with van der Waals surface area (Å²) in [7, 11) is 0. The van der Waals surface area contributed by atoms with Gasteiger partial charge in [0.05, 0.1) is 24.5 Å². The molecule has 0 aliphatic carbocycles. The van der Waals surface area contributed by atoms with Crippen LogP contribution in [-0.4, -0.2) is 23.2 Å². The third kappa shape index (κ3) is 2.62. The Morgan fingerprint density at radius 3 is 2.94 bits per heavy atom. The van der Waals surface area contributed by atoms with Crippen LogP contribution in [0.2, 0.25) is 0 Å². The number of aromatic amines is 1. The molecule has 1 unspecified atom stereocenters. The topological polar surface area (TPSA) is 64.2 Å². The zero-order valence-corrected chi connectivity index (χ0v) is 11.2. The molecular weight excluding hydrogens is 232 g/mol. The van der Waals surface area contributed by atoms with E-state index in [1.165, 1.54) is 0 Å². The van der Waals surface area contributed by atoms with Crippen molar-refractivity contribution in [2.75, 3.05) is 13.2 Å². The standard InChI is InChI=1S/C13H20N2O3/c1-4-18-11(8(2)3)12-14-10-5-6-17-7-9(10)13(16)15-12/h8,11H,4-7H2,1-3H3,(H,14,15,16). The normalized spacial score (nSPS) is 16.7. The number of aromatic nitrogens is 2. The van der Waals surface area contributed by atoms with Crippen LogP contribution < -0.4 is 5.56 Å². The van der Waals surface area contributed by atoms with E-state index >= 15 is 0 Å². The monoisotopic (exact) mass is 252 g/mol. The van der Waals surface area contributed by atoms with Crippen LogP contribution in [0.1, 0.15) is 44.0 Å². The highest BCUT2D eigenvalue weighted by Gasteiger charge is 2.22. The molecule has 1 atom stereocenters. The quantitative estimate of drug-likeness (QED) is 0.883. The average molecular weight is 252 g/mol. The molecule has 2 rings (SSSR count). The van der Waals surface area contributed by atoms with Gasteiger partial charge in [-0.05, 0) is 12.8 Å². The molecule has 18 heavy (non-hydrogen) atoms. The zero-order chi connectivity index (χ0) is 13.1. The predicted octanol–water partition coefficient (Wildman–Crippen LogP) is 1.58. The first-order valence-corrected chi connectivity index (χ1v) is 6.44. The fourth-order valence-electron chi connectivity index (χ4n) is 2.16. The predicted molar refractivity (Wildman–Crippen MR) is 67.4 cm³/mol. The van der Waals surface area contributed by atoms with E-state index in [1.54, 1.807) is 0 Å². The third-order valence-electron chi connectivity index (χ3n) is 3.07. The molecule has 1 N–H and O–H groups in total. The van der Waals surface area contributed by atoms with Crippen LogP contribution in [0.15, 0.2) is 4.79 Å². The summed E-state index contributed by atoms with van der Waals surface area (Å²) in [6.07, 6.45) is 0.541. The summed E-state index contributed by atoms with van der Waals surface area (Å²) >= 11 is 0. The van der Waals surface area contributed by atoms with Gasteiger partial charge in [0.25, 0.3) is 5.56 Å². The van der Waals surface area contributed by atoms with Crippen LogP contribution in [0.5, 0.6) is 0 Å².